The fourth-order valence-corrected chi connectivity index (χ4v) is 4.40. The van der Waals surface area contributed by atoms with E-state index >= 15 is 0 Å². The largest absolute Gasteiger partial charge is 0.475 e. The number of carboxylic acid groups (broad SMARTS) is 1. The average molecular weight is 386 g/mol. The number of thioether (sulfide) groups is 1. The van der Waals surface area contributed by atoms with E-state index < -0.39 is 5.97 Å². The molecule has 0 bridgehead atoms. The molecular weight excluding hydrogens is 375 g/mol. The van der Waals surface area contributed by atoms with Crippen molar-refractivity contribution in [3.8, 4) is 11.1 Å². The van der Waals surface area contributed by atoms with Gasteiger partial charge in [-0.15, -0.1) is 11.3 Å². The van der Waals surface area contributed by atoms with Crippen molar-refractivity contribution in [2.75, 3.05) is 0 Å². The number of thiophene rings is 1. The van der Waals surface area contributed by atoms with E-state index in [0.717, 1.165) is 26.4 Å². The fourth-order valence-electron chi connectivity index (χ4n) is 2.51. The van der Waals surface area contributed by atoms with Gasteiger partial charge in [-0.25, -0.2) is 19.2 Å². The van der Waals surface area contributed by atoms with E-state index in [0.29, 0.717) is 11.5 Å². The number of aromatic nitrogens is 2. The molecule has 0 aliphatic rings. The summed E-state index contributed by atoms with van der Waals surface area (Å²) in [5.41, 5.74) is 1.83. The van der Waals surface area contributed by atoms with Crippen molar-refractivity contribution in [3.05, 3.63) is 65.4 Å². The summed E-state index contributed by atoms with van der Waals surface area (Å²) in [5.74, 6) is -0.472. The van der Waals surface area contributed by atoms with Crippen molar-refractivity contribution in [2.45, 2.75) is 10.8 Å². The lowest BCUT2D eigenvalue weighted by atomic mass is 10.1. The van der Waals surface area contributed by atoms with Crippen molar-refractivity contribution < 1.29 is 18.7 Å². The number of hydrogen-bond donors (Lipinski definition) is 1. The minimum Gasteiger partial charge on any atom is -0.475 e. The summed E-state index contributed by atoms with van der Waals surface area (Å²) in [6.07, 6.45) is 1.50. The highest BCUT2D eigenvalue weighted by Gasteiger charge is 2.15. The van der Waals surface area contributed by atoms with Gasteiger partial charge in [-0.05, 0) is 29.8 Å². The second kappa shape index (κ2) is 6.89. The first-order valence-corrected chi connectivity index (χ1v) is 9.41. The molecule has 0 atom stereocenters. The summed E-state index contributed by atoms with van der Waals surface area (Å²) in [5, 5.41) is 12.6. The van der Waals surface area contributed by atoms with Gasteiger partial charge in [0.15, 0.2) is 0 Å². The topological polar surface area (TPSA) is 76.2 Å². The number of benzene rings is 1. The van der Waals surface area contributed by atoms with E-state index in [9.17, 15) is 9.18 Å². The molecule has 0 unspecified atom stereocenters. The molecule has 0 fully saturated rings. The zero-order valence-electron chi connectivity index (χ0n) is 13.2. The maximum atomic E-state index is 13.2. The SMILES string of the molecule is O=C(O)c1ccc(CSc2ncnc3scc(-c4ccc(F)cc4)c23)o1. The Labute approximate surface area is 155 Å². The molecule has 4 rings (SSSR count). The Hall–Kier alpha value is -2.71. The molecule has 0 saturated carbocycles. The maximum Gasteiger partial charge on any atom is 0.371 e. The average Bonchev–Trinajstić information content (AvgIpc) is 3.28. The highest BCUT2D eigenvalue weighted by molar-refractivity contribution is 7.98. The van der Waals surface area contributed by atoms with Crippen LogP contribution in [0.1, 0.15) is 16.3 Å². The van der Waals surface area contributed by atoms with Crippen LogP contribution in [0, 0.1) is 5.82 Å². The zero-order valence-corrected chi connectivity index (χ0v) is 14.8. The molecule has 0 amide bonds. The zero-order chi connectivity index (χ0) is 18.1. The number of furan rings is 1. The van der Waals surface area contributed by atoms with E-state index in [4.69, 9.17) is 9.52 Å². The van der Waals surface area contributed by atoms with Gasteiger partial charge in [0.05, 0.1) is 11.1 Å². The maximum absolute atomic E-state index is 13.2. The molecule has 3 aromatic heterocycles. The Balaban J connectivity index is 1.67. The van der Waals surface area contributed by atoms with Gasteiger partial charge in [-0.3, -0.25) is 0 Å². The molecule has 130 valence electrons. The third-order valence-electron chi connectivity index (χ3n) is 3.71. The number of nitrogens with zero attached hydrogens (tertiary/aromatic N) is 2. The van der Waals surface area contributed by atoms with Gasteiger partial charge in [-0.1, -0.05) is 23.9 Å². The van der Waals surface area contributed by atoms with Crippen molar-refractivity contribution in [2.24, 2.45) is 0 Å². The number of hydrogen-bond acceptors (Lipinski definition) is 6. The number of fused-ring (bicyclic) bond motifs is 1. The summed E-state index contributed by atoms with van der Waals surface area (Å²) in [6.45, 7) is 0. The third-order valence-corrected chi connectivity index (χ3v) is 5.61. The predicted molar refractivity (Wildman–Crippen MR) is 98.0 cm³/mol. The molecule has 1 aromatic carbocycles. The van der Waals surface area contributed by atoms with Gasteiger partial charge in [0.25, 0.3) is 0 Å². The Morgan fingerprint density at radius 1 is 1.19 bits per heavy atom. The number of carboxylic acids is 1. The normalized spacial score (nSPS) is 11.1. The van der Waals surface area contributed by atoms with Gasteiger partial charge in [0.2, 0.25) is 5.76 Å². The lowest BCUT2D eigenvalue weighted by molar-refractivity contribution is 0.0661. The van der Waals surface area contributed by atoms with E-state index in [2.05, 4.69) is 9.97 Å². The predicted octanol–water partition coefficient (Wildman–Crippen LogP) is 5.08. The second-order valence-electron chi connectivity index (χ2n) is 5.38. The molecule has 0 aliphatic heterocycles. The van der Waals surface area contributed by atoms with Crippen molar-refractivity contribution in [1.82, 2.24) is 9.97 Å². The Kier molecular flexibility index (Phi) is 4.44. The van der Waals surface area contributed by atoms with Crippen LogP contribution in [0.15, 0.2) is 57.5 Å². The molecule has 1 N–H and O–H groups in total. The first-order valence-electron chi connectivity index (χ1n) is 7.55. The van der Waals surface area contributed by atoms with Crippen LogP contribution < -0.4 is 0 Å². The number of halogens is 1. The molecule has 26 heavy (non-hydrogen) atoms. The monoisotopic (exact) mass is 386 g/mol. The minimum absolute atomic E-state index is 0.0871. The van der Waals surface area contributed by atoms with Crippen molar-refractivity contribution >= 4 is 39.3 Å². The lowest BCUT2D eigenvalue weighted by Gasteiger charge is -2.04. The number of rotatable bonds is 5. The Morgan fingerprint density at radius 2 is 2.00 bits per heavy atom. The van der Waals surface area contributed by atoms with Gasteiger partial charge in [0.1, 0.15) is 27.8 Å². The van der Waals surface area contributed by atoms with Gasteiger partial charge < -0.3 is 9.52 Å². The summed E-state index contributed by atoms with van der Waals surface area (Å²) in [7, 11) is 0. The van der Waals surface area contributed by atoms with E-state index in [1.54, 1.807) is 18.2 Å². The van der Waals surface area contributed by atoms with Crippen LogP contribution in [-0.4, -0.2) is 21.0 Å². The Bertz CT molecular complexity index is 1090. The standard InChI is InChI=1S/C18H11FN2O3S2/c19-11-3-1-10(2-4-11)13-8-26-17-15(13)16(20-9-21-17)25-7-12-5-6-14(24-12)18(22)23/h1-6,8-9H,7H2,(H,22,23). The van der Waals surface area contributed by atoms with E-state index in [-0.39, 0.29) is 11.6 Å². The molecule has 0 radical (unpaired) electrons. The van der Waals surface area contributed by atoms with Crippen LogP contribution in [0.4, 0.5) is 4.39 Å². The molecule has 8 heteroatoms. The quantitative estimate of drug-likeness (QED) is 0.381. The summed E-state index contributed by atoms with van der Waals surface area (Å²) < 4.78 is 18.5. The molecule has 3 heterocycles. The number of carbonyl (C=O) groups is 1. The number of aromatic carboxylic acids is 1. The third kappa shape index (κ3) is 3.21. The summed E-state index contributed by atoms with van der Waals surface area (Å²) in [4.78, 5) is 20.4. The second-order valence-corrected chi connectivity index (χ2v) is 7.20. The van der Waals surface area contributed by atoms with Crippen molar-refractivity contribution in [3.63, 3.8) is 0 Å². The van der Waals surface area contributed by atoms with Crippen molar-refractivity contribution in [1.29, 1.82) is 0 Å². The summed E-state index contributed by atoms with van der Waals surface area (Å²) >= 11 is 2.94. The van der Waals surface area contributed by atoms with Crippen LogP contribution in [0.3, 0.4) is 0 Å². The lowest BCUT2D eigenvalue weighted by Crippen LogP contribution is -1.91. The van der Waals surface area contributed by atoms with E-state index in [1.807, 2.05) is 5.38 Å². The summed E-state index contributed by atoms with van der Waals surface area (Å²) in [6, 6.07) is 9.37. The smallest absolute Gasteiger partial charge is 0.371 e. The highest BCUT2D eigenvalue weighted by Crippen LogP contribution is 2.38. The Morgan fingerprint density at radius 3 is 2.73 bits per heavy atom. The van der Waals surface area contributed by atoms with Gasteiger partial charge in [0, 0.05) is 10.9 Å². The molecule has 4 aromatic rings. The van der Waals surface area contributed by atoms with Gasteiger partial charge >= 0.3 is 5.97 Å². The van der Waals surface area contributed by atoms with E-state index in [1.165, 1.54) is 47.6 Å². The first-order chi connectivity index (χ1) is 12.6. The molecular formula is C18H11FN2O3S2. The molecule has 0 saturated heterocycles. The van der Waals surface area contributed by atoms with Crippen LogP contribution in [0.25, 0.3) is 21.3 Å². The molecule has 5 nitrogen and oxygen atoms in total. The fraction of sp³-hybridized carbons (Fsp3) is 0.0556. The van der Waals surface area contributed by atoms with Crippen LogP contribution in [0.2, 0.25) is 0 Å². The van der Waals surface area contributed by atoms with Crippen LogP contribution in [-0.2, 0) is 5.75 Å². The van der Waals surface area contributed by atoms with Crippen LogP contribution in [0.5, 0.6) is 0 Å². The minimum atomic E-state index is -1.10. The molecule has 0 aliphatic carbocycles. The van der Waals surface area contributed by atoms with Crippen LogP contribution >= 0.6 is 23.1 Å². The molecule has 0 spiro atoms. The van der Waals surface area contributed by atoms with Gasteiger partial charge in [-0.2, -0.15) is 0 Å². The highest BCUT2D eigenvalue weighted by atomic mass is 32.2. The first kappa shape index (κ1) is 16.7.